The molecule has 6 atom stereocenters. The van der Waals surface area contributed by atoms with Crippen LogP contribution in [0.15, 0.2) is 217 Å². The number of aromatic nitrogens is 2. The number of benzene rings is 6. The van der Waals surface area contributed by atoms with E-state index < -0.39 is 42.9 Å². The Morgan fingerprint density at radius 3 is 1.60 bits per heavy atom. The molecule has 8 aromatic rings. The third-order valence-corrected chi connectivity index (χ3v) is 19.0. The maximum absolute atomic E-state index is 13.5. The van der Waals surface area contributed by atoms with Gasteiger partial charge in [-0.2, -0.15) is 0 Å². The largest absolute Gasteiger partial charge is 0.489 e. The zero-order valence-corrected chi connectivity index (χ0v) is 50.3. The van der Waals surface area contributed by atoms with E-state index in [0.717, 1.165) is 57.9 Å². The molecule has 4 fully saturated rings. The number of aldehydes is 1. The molecule has 2 aliphatic carbocycles. The van der Waals surface area contributed by atoms with Gasteiger partial charge in [0.25, 0.3) is 31.9 Å². The van der Waals surface area contributed by atoms with Gasteiger partial charge in [-0.15, -0.1) is 13.2 Å². The molecule has 0 unspecified atom stereocenters. The molecular formula is C68H68N8O11S2. The average Bonchev–Trinajstić information content (AvgIpc) is 1.60. The number of hydrogen-bond acceptors (Lipinski definition) is 15. The number of nitrogens with zero attached hydrogens (tertiary/aromatic N) is 3. The molecule has 12 rings (SSSR count). The molecule has 5 N–H and O–H groups in total. The highest BCUT2D eigenvalue weighted by Crippen LogP contribution is 2.46. The lowest BCUT2D eigenvalue weighted by Gasteiger charge is -2.21. The Kier molecular flexibility index (Phi) is 19.5. The minimum Gasteiger partial charge on any atom is -0.489 e. The fourth-order valence-electron chi connectivity index (χ4n) is 11.0. The molecule has 4 aliphatic rings. The van der Waals surface area contributed by atoms with E-state index in [-0.39, 0.29) is 64.9 Å². The first-order chi connectivity index (χ1) is 43.0. The summed E-state index contributed by atoms with van der Waals surface area (Å²) in [4.78, 5) is 73.7. The predicted octanol–water partition coefficient (Wildman–Crippen LogP) is 7.99. The van der Waals surface area contributed by atoms with Gasteiger partial charge in [-0.1, -0.05) is 121 Å². The van der Waals surface area contributed by atoms with Crippen molar-refractivity contribution in [1.82, 2.24) is 40.3 Å². The maximum Gasteiger partial charge on any atom is 0.264 e. The van der Waals surface area contributed by atoms with E-state index >= 15 is 0 Å². The quantitative estimate of drug-likeness (QED) is 0.0337. The normalized spacial score (nSPS) is 20.9. The number of amides is 4. The molecule has 2 aromatic heterocycles. The van der Waals surface area contributed by atoms with Crippen molar-refractivity contribution in [1.29, 1.82) is 0 Å². The second-order valence-electron chi connectivity index (χ2n) is 22.3. The van der Waals surface area contributed by atoms with Crippen molar-refractivity contribution in [3.05, 3.63) is 230 Å². The van der Waals surface area contributed by atoms with Crippen molar-refractivity contribution in [2.24, 2.45) is 23.7 Å². The summed E-state index contributed by atoms with van der Waals surface area (Å²) in [5.74, 6) is -2.60. The van der Waals surface area contributed by atoms with Crippen LogP contribution in [0.4, 0.5) is 0 Å². The molecule has 2 aliphatic heterocycles. The first-order valence-electron chi connectivity index (χ1n) is 29.1. The Morgan fingerprint density at radius 1 is 0.596 bits per heavy atom. The van der Waals surface area contributed by atoms with Gasteiger partial charge in [0, 0.05) is 72.3 Å². The number of carbonyl (C=O) groups is 5. The summed E-state index contributed by atoms with van der Waals surface area (Å²) in [6.45, 7) is 11.3. The van der Waals surface area contributed by atoms with Gasteiger partial charge in [0.1, 0.15) is 35.8 Å². The van der Waals surface area contributed by atoms with Crippen LogP contribution in [0.1, 0.15) is 52.7 Å². The molecule has 4 heterocycles. The van der Waals surface area contributed by atoms with Crippen LogP contribution < -0.4 is 34.9 Å². The minimum atomic E-state index is -4.23. The topological polar surface area (TPSA) is 261 Å². The Labute approximate surface area is 517 Å². The van der Waals surface area contributed by atoms with E-state index in [2.05, 4.69) is 53.4 Å². The van der Waals surface area contributed by atoms with E-state index in [4.69, 9.17) is 9.47 Å². The molecule has 89 heavy (non-hydrogen) atoms. The smallest absolute Gasteiger partial charge is 0.264 e. The third kappa shape index (κ3) is 15.1. The van der Waals surface area contributed by atoms with E-state index in [1.54, 1.807) is 54.9 Å². The number of para-hydroxylation sites is 2. The summed E-state index contributed by atoms with van der Waals surface area (Å²) < 4.78 is 68.2. The van der Waals surface area contributed by atoms with Crippen LogP contribution in [0.5, 0.6) is 11.5 Å². The monoisotopic (exact) mass is 1240 g/mol. The van der Waals surface area contributed by atoms with Crippen LogP contribution in [-0.2, 0) is 59.0 Å². The number of pyridine rings is 2. The van der Waals surface area contributed by atoms with Gasteiger partial charge in [0.15, 0.2) is 6.29 Å². The minimum absolute atomic E-state index is 0.0984. The van der Waals surface area contributed by atoms with E-state index in [1.165, 1.54) is 24.3 Å². The summed E-state index contributed by atoms with van der Waals surface area (Å²) in [6, 6.07) is 50.2. The van der Waals surface area contributed by atoms with Gasteiger partial charge in [-0.05, 0) is 104 Å². The lowest BCUT2D eigenvalue weighted by Crippen LogP contribution is -2.53. The molecule has 6 aromatic carbocycles. The summed E-state index contributed by atoms with van der Waals surface area (Å²) >= 11 is 0. The van der Waals surface area contributed by atoms with Crippen molar-refractivity contribution in [2.45, 2.75) is 66.3 Å². The SMILES string of the molecule is C=C[C@@H]1C[C@]1(NC(=O)[C@H]1CCN(Cc2ccnc3ccccc23)C1)C(=O)NS(=O)(=O)c1cccc(OCc2ccccc2)c1.C=C[C@@H]1C[C@]1(NC(=O)[C@H]1CCNC1)C(=O)NS(=O)(=O)c1cccc(OCc2ccccc2)c1.O=Cc1ccnc2ccccc12. The van der Waals surface area contributed by atoms with E-state index in [0.29, 0.717) is 56.0 Å². The fourth-order valence-corrected chi connectivity index (χ4v) is 13.2. The van der Waals surface area contributed by atoms with Crippen LogP contribution in [0.3, 0.4) is 0 Å². The van der Waals surface area contributed by atoms with E-state index in [1.807, 2.05) is 115 Å². The molecule has 19 nitrogen and oxygen atoms in total. The van der Waals surface area contributed by atoms with Crippen molar-refractivity contribution < 1.29 is 50.3 Å². The van der Waals surface area contributed by atoms with Gasteiger partial charge in [0.2, 0.25) is 11.8 Å². The molecule has 21 heteroatoms. The highest BCUT2D eigenvalue weighted by atomic mass is 32.2. The van der Waals surface area contributed by atoms with Gasteiger partial charge in [-0.3, -0.25) is 38.8 Å². The Hall–Kier alpha value is -9.41. The fraction of sp³-hybridized carbons (Fsp3) is 0.250. The number of rotatable bonds is 21. The van der Waals surface area contributed by atoms with Crippen molar-refractivity contribution >= 4 is 71.8 Å². The summed E-state index contributed by atoms with van der Waals surface area (Å²) in [6.07, 6.45) is 9.35. The first kappa shape index (κ1) is 62.6. The Balaban J connectivity index is 0.000000169. The molecule has 458 valence electrons. The molecule has 2 saturated carbocycles. The van der Waals surface area contributed by atoms with Gasteiger partial charge < -0.3 is 25.4 Å². The molecule has 0 spiro atoms. The second kappa shape index (κ2) is 27.7. The zero-order chi connectivity index (χ0) is 62.6. The molecule has 0 radical (unpaired) electrons. The average molecular weight is 1240 g/mol. The maximum atomic E-state index is 13.5. The standard InChI is InChI=1S/C34H34N4O5S.C24H27N3O5S.C10H7NO/c1-2-27-20-34(27,33(40)37-44(41,42)29-12-8-11-28(19-29)43-23-24-9-4-3-5-10-24)36-32(39)26-16-18-38(22-26)21-25-15-17-35-31-14-7-6-13-30(25)31;1-2-19-14-24(19,26-22(28)18-11-12-25-15-18)23(29)27-33(30,31)21-10-6-9-20(13-21)32-16-17-7-4-3-5-8-17;12-7-8-5-6-11-10-4-2-1-3-9(8)10/h2-15,17,19,26-27H,1,16,18,20-23H2,(H,36,39)(H,37,40);2-10,13,18-19,25H,1,11-12,14-16H2,(H,26,28)(H,27,29);1-7H/t26-,27+,34+;18-,19+,24+;/m00./s1. The van der Waals surface area contributed by atoms with Crippen LogP contribution in [-0.4, -0.2) is 98.9 Å². The third-order valence-electron chi connectivity index (χ3n) is 16.3. The first-order valence-corrected chi connectivity index (χ1v) is 32.1. The van der Waals surface area contributed by atoms with E-state index in [9.17, 15) is 40.8 Å². The summed E-state index contributed by atoms with van der Waals surface area (Å²) in [5, 5.41) is 10.8. The predicted molar refractivity (Wildman–Crippen MR) is 337 cm³/mol. The number of likely N-dealkylation sites (tertiary alicyclic amines) is 1. The summed E-state index contributed by atoms with van der Waals surface area (Å²) in [7, 11) is -8.41. The Bertz CT molecular complexity index is 4140. The van der Waals surface area contributed by atoms with Crippen LogP contribution in [0.2, 0.25) is 0 Å². The van der Waals surface area contributed by atoms with Gasteiger partial charge in [-0.25, -0.2) is 26.3 Å². The van der Waals surface area contributed by atoms with Crippen LogP contribution in [0.25, 0.3) is 21.8 Å². The van der Waals surface area contributed by atoms with Crippen molar-refractivity contribution in [2.75, 3.05) is 26.2 Å². The van der Waals surface area contributed by atoms with Crippen LogP contribution >= 0.6 is 0 Å². The molecule has 4 amide bonds. The number of nitrogens with one attached hydrogen (secondary N) is 5. The number of fused-ring (bicyclic) bond motifs is 2. The highest BCUT2D eigenvalue weighted by Gasteiger charge is 2.62. The zero-order valence-electron chi connectivity index (χ0n) is 48.7. The van der Waals surface area contributed by atoms with Gasteiger partial charge >= 0.3 is 0 Å². The van der Waals surface area contributed by atoms with Crippen molar-refractivity contribution in [3.63, 3.8) is 0 Å². The number of hydrogen-bond donors (Lipinski definition) is 5. The molecular weight excluding hydrogens is 1170 g/mol. The lowest BCUT2D eigenvalue weighted by molar-refractivity contribution is -0.131. The summed E-state index contributed by atoms with van der Waals surface area (Å²) in [5.41, 5.74) is 2.85. The number of sulfonamides is 2. The Morgan fingerprint density at radius 2 is 1.09 bits per heavy atom. The number of carbonyl (C=O) groups excluding carboxylic acids is 5. The molecule has 0 bridgehead atoms. The van der Waals surface area contributed by atoms with Crippen LogP contribution in [0, 0.1) is 23.7 Å². The lowest BCUT2D eigenvalue weighted by atomic mass is 10.1. The van der Waals surface area contributed by atoms with Gasteiger partial charge in [0.05, 0.1) is 32.7 Å². The number of ether oxygens (including phenoxy) is 2. The highest BCUT2D eigenvalue weighted by molar-refractivity contribution is 7.90. The second-order valence-corrected chi connectivity index (χ2v) is 25.7. The molecule has 2 saturated heterocycles. The van der Waals surface area contributed by atoms with Crippen molar-refractivity contribution in [3.8, 4) is 11.5 Å².